The Morgan fingerprint density at radius 3 is 2.33 bits per heavy atom. The molecule has 1 amide bonds. The number of nitrogens with zero attached hydrogens (tertiary/aromatic N) is 3. The van der Waals surface area contributed by atoms with Crippen molar-refractivity contribution in [1.29, 1.82) is 10.5 Å². The van der Waals surface area contributed by atoms with E-state index in [1.54, 1.807) is 11.4 Å². The molecule has 24 heavy (non-hydrogen) atoms. The van der Waals surface area contributed by atoms with Crippen LogP contribution < -0.4 is 0 Å². The van der Waals surface area contributed by atoms with Crippen LogP contribution in [0.5, 0.6) is 0 Å². The van der Waals surface area contributed by atoms with Gasteiger partial charge in [-0.05, 0) is 62.3 Å². The summed E-state index contributed by atoms with van der Waals surface area (Å²) in [6, 6.07) is 6.02. The molecule has 4 bridgehead atoms. The lowest BCUT2D eigenvalue weighted by molar-refractivity contribution is -0.0739. The van der Waals surface area contributed by atoms with Gasteiger partial charge in [0.05, 0.1) is 22.9 Å². The van der Waals surface area contributed by atoms with Gasteiger partial charge >= 0.3 is 0 Å². The zero-order chi connectivity index (χ0) is 16.7. The van der Waals surface area contributed by atoms with Crippen LogP contribution in [0.15, 0.2) is 11.4 Å². The molecule has 0 radical (unpaired) electrons. The van der Waals surface area contributed by atoms with E-state index in [-0.39, 0.29) is 11.4 Å². The second-order valence-corrected chi connectivity index (χ2v) is 8.73. The Morgan fingerprint density at radius 1 is 1.21 bits per heavy atom. The maximum Gasteiger partial charge on any atom is 0.264 e. The summed E-state index contributed by atoms with van der Waals surface area (Å²) < 4.78 is 0. The lowest BCUT2D eigenvalue weighted by Gasteiger charge is -2.60. The maximum absolute atomic E-state index is 13.2. The van der Waals surface area contributed by atoms with E-state index in [0.29, 0.717) is 23.4 Å². The van der Waals surface area contributed by atoms with Crippen molar-refractivity contribution in [2.75, 3.05) is 6.54 Å². The van der Waals surface area contributed by atoms with E-state index in [9.17, 15) is 4.79 Å². The van der Waals surface area contributed by atoms with Crippen LogP contribution >= 0.6 is 11.3 Å². The van der Waals surface area contributed by atoms with Crippen molar-refractivity contribution in [1.82, 2.24) is 4.90 Å². The first-order valence-corrected chi connectivity index (χ1v) is 9.69. The first-order valence-electron chi connectivity index (χ1n) is 8.81. The topological polar surface area (TPSA) is 67.9 Å². The molecule has 1 heterocycles. The van der Waals surface area contributed by atoms with Gasteiger partial charge in [-0.25, -0.2) is 0 Å². The molecule has 0 unspecified atom stereocenters. The molecular weight excluding hydrogens is 318 g/mol. The average molecular weight is 339 g/mol. The Labute approximate surface area is 146 Å². The van der Waals surface area contributed by atoms with Gasteiger partial charge in [-0.1, -0.05) is 0 Å². The van der Waals surface area contributed by atoms with E-state index in [2.05, 4.69) is 12.1 Å². The number of carbonyl (C=O) groups is 1. The Bertz CT molecular complexity index is 703. The van der Waals surface area contributed by atoms with Gasteiger partial charge in [0.1, 0.15) is 6.07 Å². The standard InChI is InChI=1S/C19H21N3OS/c20-2-1-3-22(18(23)17-7-16(11-21)12-24-17)19-8-13-4-14(9-19)6-15(5-13)10-19/h7,12-15H,1,3-6,8-10H2. The molecule has 0 N–H and O–H groups in total. The minimum absolute atomic E-state index is 0.0266. The summed E-state index contributed by atoms with van der Waals surface area (Å²) in [4.78, 5) is 15.9. The number of amides is 1. The van der Waals surface area contributed by atoms with Gasteiger partial charge in [0.25, 0.3) is 5.91 Å². The van der Waals surface area contributed by atoms with Crippen LogP contribution in [0.3, 0.4) is 0 Å². The predicted octanol–water partition coefficient (Wildman–Crippen LogP) is 3.94. The molecule has 0 aliphatic heterocycles. The fraction of sp³-hybridized carbons (Fsp3) is 0.632. The van der Waals surface area contributed by atoms with Crippen molar-refractivity contribution in [3.8, 4) is 12.1 Å². The lowest BCUT2D eigenvalue weighted by atomic mass is 9.52. The van der Waals surface area contributed by atoms with Gasteiger partial charge in [-0.2, -0.15) is 10.5 Å². The Morgan fingerprint density at radius 2 is 1.83 bits per heavy atom. The number of carbonyl (C=O) groups excluding carboxylic acids is 1. The Kier molecular flexibility index (Phi) is 3.85. The van der Waals surface area contributed by atoms with Crippen molar-refractivity contribution >= 4 is 17.2 Å². The summed E-state index contributed by atoms with van der Waals surface area (Å²) in [5.41, 5.74) is 0.508. The van der Waals surface area contributed by atoms with E-state index in [0.717, 1.165) is 37.0 Å². The minimum atomic E-state index is -0.0422. The third kappa shape index (κ3) is 2.52. The largest absolute Gasteiger partial charge is 0.331 e. The fourth-order valence-corrected chi connectivity index (χ4v) is 6.53. The molecule has 0 saturated heterocycles. The molecule has 1 aromatic heterocycles. The molecule has 0 aromatic carbocycles. The second-order valence-electron chi connectivity index (χ2n) is 7.82. The van der Waals surface area contributed by atoms with E-state index in [1.165, 1.54) is 30.6 Å². The summed E-state index contributed by atoms with van der Waals surface area (Å²) in [5.74, 6) is 2.30. The lowest BCUT2D eigenvalue weighted by Crippen LogP contribution is -2.61. The first kappa shape index (κ1) is 15.7. The van der Waals surface area contributed by atoms with Crippen LogP contribution in [-0.4, -0.2) is 22.9 Å². The van der Waals surface area contributed by atoms with E-state index >= 15 is 0 Å². The number of rotatable bonds is 4. The minimum Gasteiger partial charge on any atom is -0.331 e. The van der Waals surface area contributed by atoms with Gasteiger partial charge < -0.3 is 4.90 Å². The Hall–Kier alpha value is -1.85. The van der Waals surface area contributed by atoms with E-state index in [1.807, 2.05) is 4.90 Å². The number of hydrogen-bond acceptors (Lipinski definition) is 4. The van der Waals surface area contributed by atoms with E-state index < -0.39 is 0 Å². The van der Waals surface area contributed by atoms with E-state index in [4.69, 9.17) is 10.5 Å². The van der Waals surface area contributed by atoms with Gasteiger partial charge in [-0.3, -0.25) is 4.79 Å². The highest BCUT2D eigenvalue weighted by Gasteiger charge is 2.54. The van der Waals surface area contributed by atoms with Crippen LogP contribution in [-0.2, 0) is 0 Å². The molecule has 124 valence electrons. The smallest absolute Gasteiger partial charge is 0.264 e. The first-order chi connectivity index (χ1) is 11.6. The molecule has 4 aliphatic rings. The maximum atomic E-state index is 13.2. The van der Waals surface area contributed by atoms with Crippen molar-refractivity contribution in [2.45, 2.75) is 50.5 Å². The Balaban J connectivity index is 1.65. The number of hydrogen-bond donors (Lipinski definition) is 0. The van der Waals surface area contributed by atoms with Crippen molar-refractivity contribution in [2.24, 2.45) is 17.8 Å². The number of thiophene rings is 1. The quantitative estimate of drug-likeness (QED) is 0.834. The second kappa shape index (κ2) is 5.90. The van der Waals surface area contributed by atoms with Crippen LogP contribution in [0.4, 0.5) is 0 Å². The highest BCUT2D eigenvalue weighted by Crippen LogP contribution is 2.58. The third-order valence-electron chi connectivity index (χ3n) is 6.21. The molecule has 4 nitrogen and oxygen atoms in total. The van der Waals surface area contributed by atoms with Crippen molar-refractivity contribution in [3.63, 3.8) is 0 Å². The molecule has 5 heteroatoms. The van der Waals surface area contributed by atoms with Gasteiger partial charge in [0, 0.05) is 17.5 Å². The molecule has 4 aliphatic carbocycles. The van der Waals surface area contributed by atoms with Gasteiger partial charge in [0.15, 0.2) is 0 Å². The zero-order valence-corrected chi connectivity index (χ0v) is 14.5. The summed E-state index contributed by atoms with van der Waals surface area (Å²) in [5, 5.41) is 19.8. The van der Waals surface area contributed by atoms with Crippen LogP contribution in [0.25, 0.3) is 0 Å². The van der Waals surface area contributed by atoms with Crippen LogP contribution in [0.2, 0.25) is 0 Å². The fourth-order valence-electron chi connectivity index (χ4n) is 5.75. The van der Waals surface area contributed by atoms with Gasteiger partial charge in [-0.15, -0.1) is 11.3 Å². The van der Waals surface area contributed by atoms with Crippen molar-refractivity contribution < 1.29 is 4.79 Å². The molecule has 1 aromatic rings. The summed E-state index contributed by atoms with van der Waals surface area (Å²) in [6.07, 6.45) is 7.68. The molecular formula is C19H21N3OS. The molecule has 0 atom stereocenters. The normalized spacial score (nSPS) is 33.0. The summed E-state index contributed by atoms with van der Waals surface area (Å²) in [6.45, 7) is 0.515. The van der Waals surface area contributed by atoms with Crippen LogP contribution in [0.1, 0.15) is 60.2 Å². The average Bonchev–Trinajstić information content (AvgIpc) is 3.02. The van der Waals surface area contributed by atoms with Gasteiger partial charge in [0.2, 0.25) is 0 Å². The zero-order valence-electron chi connectivity index (χ0n) is 13.7. The molecule has 0 spiro atoms. The predicted molar refractivity (Wildman–Crippen MR) is 91.2 cm³/mol. The SMILES string of the molecule is N#CCCN(C(=O)c1cc(C#N)cs1)C12CC3CC(CC(C3)C1)C2. The highest BCUT2D eigenvalue weighted by atomic mass is 32.1. The molecule has 4 fully saturated rings. The summed E-state index contributed by atoms with van der Waals surface area (Å²) in [7, 11) is 0. The monoisotopic (exact) mass is 339 g/mol. The molecule has 5 rings (SSSR count). The third-order valence-corrected chi connectivity index (χ3v) is 7.13. The van der Waals surface area contributed by atoms with Crippen LogP contribution in [0, 0.1) is 40.4 Å². The number of nitriles is 2. The van der Waals surface area contributed by atoms with Crippen molar-refractivity contribution in [3.05, 3.63) is 21.9 Å². The summed E-state index contributed by atoms with van der Waals surface area (Å²) >= 11 is 1.35. The highest BCUT2D eigenvalue weighted by molar-refractivity contribution is 7.12. The molecule has 4 saturated carbocycles.